The zero-order valence-electron chi connectivity index (χ0n) is 12.9. The molecule has 0 unspecified atom stereocenters. The van der Waals surface area contributed by atoms with Gasteiger partial charge >= 0.3 is 0 Å². The molecule has 2 heteroatoms. The molecule has 0 nitrogen and oxygen atoms in total. The Labute approximate surface area is 125 Å². The zero-order valence-corrected chi connectivity index (χ0v) is 12.9. The summed E-state index contributed by atoms with van der Waals surface area (Å²) < 4.78 is 0. The Morgan fingerprint density at radius 3 is 1.20 bits per heavy atom. The summed E-state index contributed by atoms with van der Waals surface area (Å²) in [6.45, 7) is 0. The van der Waals surface area contributed by atoms with Crippen molar-refractivity contribution in [2.24, 2.45) is 0 Å². The molecule has 0 fully saturated rings. The lowest BCUT2D eigenvalue weighted by Crippen LogP contribution is -2.01. The van der Waals surface area contributed by atoms with Crippen LogP contribution in [-0.2, 0) is 12.8 Å². The minimum Gasteiger partial charge on any atom is -0.0889 e. The summed E-state index contributed by atoms with van der Waals surface area (Å²) in [6.07, 6.45) is 7.78. The molecule has 0 saturated heterocycles. The molecule has 20 heavy (non-hydrogen) atoms. The quantitative estimate of drug-likeness (QED) is 0.524. The predicted molar refractivity (Wildman–Crippen MR) is 95.1 cm³/mol. The highest BCUT2D eigenvalue weighted by Gasteiger charge is 1.96. The summed E-state index contributed by atoms with van der Waals surface area (Å²) in [4.78, 5) is 0. The fourth-order valence-corrected chi connectivity index (χ4v) is 2.52. The third-order valence-corrected chi connectivity index (χ3v) is 3.92. The van der Waals surface area contributed by atoms with Crippen LogP contribution in [0.3, 0.4) is 0 Å². The molecule has 0 amide bonds. The average molecular weight is 262 g/mol. The van der Waals surface area contributed by atoms with Gasteiger partial charge in [0.1, 0.15) is 15.7 Å². The minimum absolute atomic E-state index is 1.23. The number of unbranched alkanes of at least 4 members (excludes halogenated alkanes) is 3. The first kappa shape index (κ1) is 15.0. The largest absolute Gasteiger partial charge is 0.139 e. The molecule has 0 radical (unpaired) electrons. The molecule has 102 valence electrons. The van der Waals surface area contributed by atoms with Crippen LogP contribution in [0.2, 0.25) is 0 Å². The highest BCUT2D eigenvalue weighted by molar-refractivity contribution is 6.32. The predicted octanol–water partition coefficient (Wildman–Crippen LogP) is 1.55. The number of hydrogen-bond donors (Lipinski definition) is 0. The standard InChI is InChI=1S/C18H24B2/c19-17-11-7-15(8-12-17)5-3-1-2-4-6-16-9-13-18(20)14-10-16/h7-14H,1-6,19-20H2. The normalized spacial score (nSPS) is 10.6. The zero-order chi connectivity index (χ0) is 14.2. The molecule has 0 saturated carbocycles. The molecule has 0 aliphatic carbocycles. The third kappa shape index (κ3) is 5.28. The highest BCUT2D eigenvalue weighted by Crippen LogP contribution is 2.10. The van der Waals surface area contributed by atoms with Crippen LogP contribution in [0.25, 0.3) is 0 Å². The van der Waals surface area contributed by atoms with Crippen molar-refractivity contribution >= 4 is 26.6 Å². The van der Waals surface area contributed by atoms with Gasteiger partial charge in [0.05, 0.1) is 0 Å². The van der Waals surface area contributed by atoms with Crippen LogP contribution in [-0.4, -0.2) is 15.7 Å². The van der Waals surface area contributed by atoms with Gasteiger partial charge in [-0.25, -0.2) is 0 Å². The van der Waals surface area contributed by atoms with Gasteiger partial charge in [0.15, 0.2) is 0 Å². The Bertz CT molecular complexity index is 450. The van der Waals surface area contributed by atoms with Crippen LogP contribution < -0.4 is 10.9 Å². The summed E-state index contributed by atoms with van der Waals surface area (Å²) >= 11 is 0. The van der Waals surface area contributed by atoms with E-state index in [9.17, 15) is 0 Å². The van der Waals surface area contributed by atoms with E-state index in [1.54, 1.807) is 0 Å². The summed E-state index contributed by atoms with van der Waals surface area (Å²) in [5, 5.41) is 0. The third-order valence-electron chi connectivity index (χ3n) is 3.92. The van der Waals surface area contributed by atoms with Crippen LogP contribution in [0.15, 0.2) is 48.5 Å². The summed E-state index contributed by atoms with van der Waals surface area (Å²) in [5.41, 5.74) is 5.67. The average Bonchev–Trinajstić information content (AvgIpc) is 2.46. The van der Waals surface area contributed by atoms with Gasteiger partial charge in [-0.15, -0.1) is 0 Å². The van der Waals surface area contributed by atoms with Crippen molar-refractivity contribution in [3.05, 3.63) is 59.7 Å². The topological polar surface area (TPSA) is 0 Å². The molecule has 0 heterocycles. The molecule has 0 N–H and O–H groups in total. The van der Waals surface area contributed by atoms with E-state index in [4.69, 9.17) is 0 Å². The van der Waals surface area contributed by atoms with Gasteiger partial charge in [0.25, 0.3) is 0 Å². The van der Waals surface area contributed by atoms with Crippen molar-refractivity contribution in [1.29, 1.82) is 0 Å². The lowest BCUT2D eigenvalue weighted by molar-refractivity contribution is 0.640. The summed E-state index contributed by atoms with van der Waals surface area (Å²) in [5.74, 6) is 0. The van der Waals surface area contributed by atoms with E-state index < -0.39 is 0 Å². The van der Waals surface area contributed by atoms with Gasteiger partial charge < -0.3 is 0 Å². The fraction of sp³-hybridized carbons (Fsp3) is 0.333. The lowest BCUT2D eigenvalue weighted by atomic mass is 9.93. The maximum Gasteiger partial charge on any atom is 0.139 e. The molecule has 2 aromatic rings. The van der Waals surface area contributed by atoms with Crippen LogP contribution in [0.1, 0.15) is 36.8 Å². The van der Waals surface area contributed by atoms with Crippen LogP contribution >= 0.6 is 0 Å². The van der Waals surface area contributed by atoms with Crippen molar-refractivity contribution in [3.8, 4) is 0 Å². The summed E-state index contributed by atoms with van der Waals surface area (Å²) in [6, 6.07) is 17.9. The summed E-state index contributed by atoms with van der Waals surface area (Å²) in [7, 11) is 4.30. The Morgan fingerprint density at radius 2 is 0.850 bits per heavy atom. The van der Waals surface area contributed by atoms with E-state index in [-0.39, 0.29) is 0 Å². The first-order chi connectivity index (χ1) is 9.74. The Balaban J connectivity index is 1.57. The lowest BCUT2D eigenvalue weighted by Gasteiger charge is -2.04. The van der Waals surface area contributed by atoms with Gasteiger partial charge in [0, 0.05) is 0 Å². The van der Waals surface area contributed by atoms with Crippen LogP contribution in [0, 0.1) is 0 Å². The van der Waals surface area contributed by atoms with Gasteiger partial charge in [-0.2, -0.15) is 0 Å². The van der Waals surface area contributed by atoms with E-state index in [2.05, 4.69) is 64.2 Å². The monoisotopic (exact) mass is 262 g/mol. The molecule has 0 aliphatic rings. The maximum absolute atomic E-state index is 2.27. The van der Waals surface area contributed by atoms with Crippen molar-refractivity contribution in [1.82, 2.24) is 0 Å². The molecule has 0 spiro atoms. The molecule has 2 aromatic carbocycles. The molecule has 0 bridgehead atoms. The number of benzene rings is 2. The highest BCUT2D eigenvalue weighted by atomic mass is 14.0. The van der Waals surface area contributed by atoms with Crippen molar-refractivity contribution < 1.29 is 0 Å². The van der Waals surface area contributed by atoms with Crippen molar-refractivity contribution in [2.45, 2.75) is 38.5 Å². The molecular formula is C18H24B2. The van der Waals surface area contributed by atoms with E-state index in [0.29, 0.717) is 0 Å². The minimum atomic E-state index is 1.23. The van der Waals surface area contributed by atoms with E-state index >= 15 is 0 Å². The van der Waals surface area contributed by atoms with Crippen LogP contribution in [0.4, 0.5) is 0 Å². The first-order valence-corrected chi connectivity index (χ1v) is 7.85. The maximum atomic E-state index is 2.27. The number of rotatable bonds is 7. The molecule has 0 atom stereocenters. The van der Waals surface area contributed by atoms with Gasteiger partial charge in [-0.1, -0.05) is 72.3 Å². The Kier molecular flexibility index (Phi) is 5.98. The molecule has 0 aromatic heterocycles. The SMILES string of the molecule is Bc1ccc(CCCCCCc2ccc(B)cc2)cc1. The fourth-order valence-electron chi connectivity index (χ4n) is 2.52. The van der Waals surface area contributed by atoms with Gasteiger partial charge in [-0.3, -0.25) is 0 Å². The smallest absolute Gasteiger partial charge is 0.0889 e. The van der Waals surface area contributed by atoms with Gasteiger partial charge in [-0.05, 0) is 36.8 Å². The van der Waals surface area contributed by atoms with Crippen molar-refractivity contribution in [3.63, 3.8) is 0 Å². The van der Waals surface area contributed by atoms with Crippen molar-refractivity contribution in [2.75, 3.05) is 0 Å². The second-order valence-corrected chi connectivity index (χ2v) is 5.89. The second-order valence-electron chi connectivity index (χ2n) is 5.89. The van der Waals surface area contributed by atoms with Gasteiger partial charge in [0.2, 0.25) is 0 Å². The van der Waals surface area contributed by atoms with E-state index in [1.165, 1.54) is 60.6 Å². The number of aryl methyl sites for hydroxylation is 2. The molecular weight excluding hydrogens is 238 g/mol. The Hall–Kier alpha value is -1.43. The molecule has 0 aliphatic heterocycles. The number of hydrogen-bond acceptors (Lipinski definition) is 0. The van der Waals surface area contributed by atoms with E-state index in [1.807, 2.05) is 0 Å². The molecule has 2 rings (SSSR count). The first-order valence-electron chi connectivity index (χ1n) is 7.85. The van der Waals surface area contributed by atoms with E-state index in [0.717, 1.165) is 0 Å². The second kappa shape index (κ2) is 7.99. The Morgan fingerprint density at radius 1 is 0.500 bits per heavy atom. The van der Waals surface area contributed by atoms with Crippen LogP contribution in [0.5, 0.6) is 0 Å².